The van der Waals surface area contributed by atoms with Gasteiger partial charge in [0.15, 0.2) is 0 Å². The van der Waals surface area contributed by atoms with Crippen molar-refractivity contribution < 1.29 is 31.9 Å². The fourth-order valence-electron chi connectivity index (χ4n) is 4.22. The lowest BCUT2D eigenvalue weighted by molar-refractivity contribution is -0.274. The Morgan fingerprint density at radius 2 is 1.88 bits per heavy atom. The second-order valence-corrected chi connectivity index (χ2v) is 8.15. The summed E-state index contributed by atoms with van der Waals surface area (Å²) in [7, 11) is 0. The lowest BCUT2D eigenvalue weighted by Gasteiger charge is -2.20. The third-order valence-electron chi connectivity index (χ3n) is 5.74. The fourth-order valence-corrected chi connectivity index (χ4v) is 4.22. The number of carbonyl (C=O) groups is 2. The Balaban J connectivity index is 1.34. The summed E-state index contributed by atoms with van der Waals surface area (Å²) in [4.78, 5) is 26.1. The van der Waals surface area contributed by atoms with Gasteiger partial charge in [-0.3, -0.25) is 14.9 Å². The lowest BCUT2D eigenvalue weighted by Crippen LogP contribution is -2.24. The molecule has 1 saturated carbocycles. The molecule has 2 amide bonds. The summed E-state index contributed by atoms with van der Waals surface area (Å²) >= 11 is 0. The predicted octanol–water partition coefficient (Wildman–Crippen LogP) is 4.40. The average Bonchev–Trinajstić information content (AvgIpc) is 3.35. The number of aromatic nitrogens is 2. The number of anilines is 2. The van der Waals surface area contributed by atoms with Crippen molar-refractivity contribution in [2.75, 3.05) is 16.8 Å². The van der Waals surface area contributed by atoms with Crippen molar-refractivity contribution in [2.24, 2.45) is 5.92 Å². The van der Waals surface area contributed by atoms with Gasteiger partial charge < -0.3 is 14.1 Å². The van der Waals surface area contributed by atoms with Gasteiger partial charge in [0.05, 0.1) is 5.92 Å². The Morgan fingerprint density at radius 3 is 2.56 bits per heavy atom. The number of nitrogens with zero attached hydrogens (tertiary/aromatic N) is 3. The monoisotopic (exact) mass is 452 g/mol. The van der Waals surface area contributed by atoms with Crippen molar-refractivity contribution in [3.8, 4) is 5.75 Å². The van der Waals surface area contributed by atoms with Crippen molar-refractivity contribution in [1.82, 2.24) is 10.2 Å². The summed E-state index contributed by atoms with van der Waals surface area (Å²) in [5.41, 5.74) is 0.438. The van der Waals surface area contributed by atoms with Crippen LogP contribution in [0.15, 0.2) is 28.7 Å². The summed E-state index contributed by atoms with van der Waals surface area (Å²) in [6.45, 7) is 0.232. The summed E-state index contributed by atoms with van der Waals surface area (Å²) in [6.07, 6.45) is 1.35. The standard InChI is InChI=1S/C21H23F3N4O4/c22-21(23,24)32-16-8-6-15(7-9-16)28-12-14(11-18(28)30)19-26-27-20(31-19)25-17(29)10-13-4-2-1-3-5-13/h6-9,13-14H,1-5,10-12H2,(H,25,27,29). The number of hydrogen-bond acceptors (Lipinski definition) is 6. The first kappa shape index (κ1) is 22.1. The van der Waals surface area contributed by atoms with E-state index in [1.165, 1.54) is 23.5 Å². The van der Waals surface area contributed by atoms with Crippen molar-refractivity contribution >= 4 is 23.5 Å². The minimum atomic E-state index is -4.78. The highest BCUT2D eigenvalue weighted by Gasteiger charge is 2.36. The van der Waals surface area contributed by atoms with Crippen LogP contribution >= 0.6 is 0 Å². The minimum absolute atomic E-state index is 0.000334. The minimum Gasteiger partial charge on any atom is -0.407 e. The normalized spacial score (nSPS) is 19.9. The molecule has 0 spiro atoms. The van der Waals surface area contributed by atoms with Gasteiger partial charge in [0, 0.05) is 25.1 Å². The molecule has 32 heavy (non-hydrogen) atoms. The maximum absolute atomic E-state index is 12.4. The summed E-state index contributed by atoms with van der Waals surface area (Å²) in [6, 6.07) is 5.06. The molecule has 1 saturated heterocycles. The van der Waals surface area contributed by atoms with E-state index in [2.05, 4.69) is 20.3 Å². The molecular weight excluding hydrogens is 429 g/mol. The second kappa shape index (κ2) is 9.17. The van der Waals surface area contributed by atoms with Gasteiger partial charge in [0.25, 0.3) is 0 Å². The number of carbonyl (C=O) groups excluding carboxylic acids is 2. The largest absolute Gasteiger partial charge is 0.573 e. The summed E-state index contributed by atoms with van der Waals surface area (Å²) in [5, 5.41) is 10.4. The molecule has 1 aliphatic heterocycles. The molecule has 2 fully saturated rings. The van der Waals surface area contributed by atoms with Crippen LogP contribution in [0.3, 0.4) is 0 Å². The molecule has 1 aliphatic carbocycles. The van der Waals surface area contributed by atoms with Gasteiger partial charge in [-0.25, -0.2) is 0 Å². The number of alkyl halides is 3. The van der Waals surface area contributed by atoms with E-state index >= 15 is 0 Å². The third kappa shape index (κ3) is 5.57. The van der Waals surface area contributed by atoms with Crippen molar-refractivity contribution in [3.63, 3.8) is 0 Å². The summed E-state index contributed by atoms with van der Waals surface area (Å²) < 4.78 is 46.3. The topological polar surface area (TPSA) is 97.6 Å². The van der Waals surface area contributed by atoms with Crippen LogP contribution in [-0.2, 0) is 9.59 Å². The molecule has 2 aromatic rings. The molecule has 2 heterocycles. The highest BCUT2D eigenvalue weighted by atomic mass is 19.4. The Morgan fingerprint density at radius 1 is 1.16 bits per heavy atom. The van der Waals surface area contributed by atoms with Crippen molar-refractivity contribution in [1.29, 1.82) is 0 Å². The smallest absolute Gasteiger partial charge is 0.407 e. The molecule has 0 bridgehead atoms. The number of ether oxygens (including phenoxy) is 1. The first-order valence-electron chi connectivity index (χ1n) is 10.6. The van der Waals surface area contributed by atoms with Crippen LogP contribution in [0.1, 0.15) is 56.8 Å². The summed E-state index contributed by atoms with van der Waals surface area (Å²) in [5.74, 6) is -0.538. The van der Waals surface area contributed by atoms with E-state index in [0.29, 0.717) is 18.0 Å². The van der Waals surface area contributed by atoms with Gasteiger partial charge >= 0.3 is 12.4 Å². The molecule has 1 unspecified atom stereocenters. The first-order valence-corrected chi connectivity index (χ1v) is 10.6. The zero-order chi connectivity index (χ0) is 22.7. The fraction of sp³-hybridized carbons (Fsp3) is 0.524. The SMILES string of the molecule is O=C(CC1CCCCC1)Nc1nnc(C2CC(=O)N(c3ccc(OC(F)(F)F)cc3)C2)o1. The Bertz CT molecular complexity index is 955. The van der Waals surface area contributed by atoms with E-state index in [1.807, 2.05) is 0 Å². The zero-order valence-electron chi connectivity index (χ0n) is 17.2. The van der Waals surface area contributed by atoms with Crippen LogP contribution in [0.25, 0.3) is 0 Å². The van der Waals surface area contributed by atoms with E-state index in [1.54, 1.807) is 0 Å². The molecule has 2 aliphatic rings. The van der Waals surface area contributed by atoms with Gasteiger partial charge in [-0.15, -0.1) is 18.3 Å². The quantitative estimate of drug-likeness (QED) is 0.698. The number of nitrogens with one attached hydrogen (secondary N) is 1. The molecule has 172 valence electrons. The van der Waals surface area contributed by atoms with Crippen LogP contribution in [0.5, 0.6) is 5.75 Å². The van der Waals surface area contributed by atoms with Gasteiger partial charge in [-0.05, 0) is 43.0 Å². The first-order chi connectivity index (χ1) is 15.3. The molecular formula is C21H23F3N4O4. The number of halogens is 3. The highest BCUT2D eigenvalue weighted by molar-refractivity contribution is 5.96. The van der Waals surface area contributed by atoms with E-state index in [9.17, 15) is 22.8 Å². The number of rotatable bonds is 6. The van der Waals surface area contributed by atoms with E-state index in [0.717, 1.165) is 37.8 Å². The van der Waals surface area contributed by atoms with Gasteiger partial charge in [0.2, 0.25) is 17.7 Å². The molecule has 1 N–H and O–H groups in total. The van der Waals surface area contributed by atoms with Crippen LogP contribution < -0.4 is 15.0 Å². The number of benzene rings is 1. The van der Waals surface area contributed by atoms with E-state index < -0.39 is 6.36 Å². The maximum Gasteiger partial charge on any atom is 0.573 e. The van der Waals surface area contributed by atoms with Gasteiger partial charge in [0.1, 0.15) is 5.75 Å². The lowest BCUT2D eigenvalue weighted by atomic mass is 9.87. The molecule has 11 heteroatoms. The van der Waals surface area contributed by atoms with Crippen LogP contribution in [-0.4, -0.2) is 34.9 Å². The van der Waals surface area contributed by atoms with Crippen LogP contribution in [0.4, 0.5) is 24.9 Å². The second-order valence-electron chi connectivity index (χ2n) is 8.15. The molecule has 1 aromatic carbocycles. The molecule has 1 aromatic heterocycles. The van der Waals surface area contributed by atoms with Crippen LogP contribution in [0, 0.1) is 5.92 Å². The molecule has 1 atom stereocenters. The molecule has 8 nitrogen and oxygen atoms in total. The van der Waals surface area contributed by atoms with Gasteiger partial charge in [-0.1, -0.05) is 24.4 Å². The Labute approximate surface area is 182 Å². The molecule has 0 radical (unpaired) electrons. The zero-order valence-corrected chi connectivity index (χ0v) is 17.2. The predicted molar refractivity (Wildman–Crippen MR) is 107 cm³/mol. The third-order valence-corrected chi connectivity index (χ3v) is 5.74. The van der Waals surface area contributed by atoms with E-state index in [4.69, 9.17) is 4.42 Å². The van der Waals surface area contributed by atoms with Crippen LogP contribution in [0.2, 0.25) is 0 Å². The number of hydrogen-bond donors (Lipinski definition) is 1. The maximum atomic E-state index is 12.4. The Kier molecular flexibility index (Phi) is 6.33. The van der Waals surface area contributed by atoms with Crippen molar-refractivity contribution in [2.45, 2.75) is 57.2 Å². The van der Waals surface area contributed by atoms with Gasteiger partial charge in [-0.2, -0.15) is 0 Å². The van der Waals surface area contributed by atoms with Crippen molar-refractivity contribution in [3.05, 3.63) is 30.2 Å². The Hall–Kier alpha value is -3.11. The number of amides is 2. The average molecular weight is 452 g/mol. The highest BCUT2D eigenvalue weighted by Crippen LogP contribution is 2.33. The van der Waals surface area contributed by atoms with E-state index in [-0.39, 0.29) is 48.4 Å². The molecule has 4 rings (SSSR count).